The lowest BCUT2D eigenvalue weighted by atomic mass is 10.1. The molecule has 0 radical (unpaired) electrons. The summed E-state index contributed by atoms with van der Waals surface area (Å²) < 4.78 is 5.42. The number of hydrogen-bond donors (Lipinski definition) is 0. The highest BCUT2D eigenvalue weighted by molar-refractivity contribution is 8.93. The third kappa shape index (κ3) is 3.55. The van der Waals surface area contributed by atoms with Crippen LogP contribution in [0.2, 0.25) is 0 Å². The summed E-state index contributed by atoms with van der Waals surface area (Å²) in [6.07, 6.45) is 0. The third-order valence-electron chi connectivity index (χ3n) is 2.61. The van der Waals surface area contributed by atoms with Crippen molar-refractivity contribution in [3.63, 3.8) is 0 Å². The maximum atomic E-state index is 11.3. The van der Waals surface area contributed by atoms with Crippen molar-refractivity contribution in [2.24, 2.45) is 0 Å². The zero-order valence-electron chi connectivity index (χ0n) is 11.1. The molecule has 5 nitrogen and oxygen atoms in total. The highest BCUT2D eigenvalue weighted by atomic mass is 79.9. The maximum absolute atomic E-state index is 11.3. The molecular weight excluding hydrogens is 344 g/mol. The predicted molar refractivity (Wildman–Crippen MR) is 83.6 cm³/mol. The molecule has 1 atom stereocenters. The zero-order chi connectivity index (χ0) is 13.8. The Morgan fingerprint density at radius 3 is 2.60 bits per heavy atom. The van der Waals surface area contributed by atoms with E-state index < -0.39 is 6.04 Å². The second-order valence-electron chi connectivity index (χ2n) is 3.96. The highest BCUT2D eigenvalue weighted by Crippen LogP contribution is 2.34. The summed E-state index contributed by atoms with van der Waals surface area (Å²) in [7, 11) is 0. The van der Waals surface area contributed by atoms with E-state index in [0.29, 0.717) is 27.9 Å². The van der Waals surface area contributed by atoms with Gasteiger partial charge in [-0.1, -0.05) is 41.7 Å². The van der Waals surface area contributed by atoms with Gasteiger partial charge in [0.1, 0.15) is 0 Å². The van der Waals surface area contributed by atoms with Crippen molar-refractivity contribution < 1.29 is 9.66 Å². The summed E-state index contributed by atoms with van der Waals surface area (Å²) in [5.41, 5.74) is 1.33. The molecule has 2 rings (SSSR count). The Morgan fingerprint density at radius 1 is 1.40 bits per heavy atom. The van der Waals surface area contributed by atoms with E-state index in [1.54, 1.807) is 31.2 Å². The summed E-state index contributed by atoms with van der Waals surface area (Å²) in [5.74, 6) is 0. The van der Waals surface area contributed by atoms with Crippen LogP contribution >= 0.6 is 28.3 Å². The lowest BCUT2D eigenvalue weighted by Gasteiger charge is -2.06. The molecule has 0 aliphatic heterocycles. The van der Waals surface area contributed by atoms with Crippen LogP contribution in [-0.4, -0.2) is 16.5 Å². The molecule has 1 heterocycles. The summed E-state index contributed by atoms with van der Waals surface area (Å²) in [6, 6.07) is 7.96. The topological polar surface area (TPSA) is 65.3 Å². The van der Waals surface area contributed by atoms with E-state index >= 15 is 0 Å². The smallest absolute Gasteiger partial charge is 0.289 e. The molecule has 0 saturated carbocycles. The van der Waals surface area contributed by atoms with Gasteiger partial charge in [-0.15, -0.1) is 17.0 Å². The first-order chi connectivity index (χ1) is 9.13. The van der Waals surface area contributed by atoms with Crippen LogP contribution in [0.5, 0.6) is 5.06 Å². The Balaban J connectivity index is 0.00000200. The second kappa shape index (κ2) is 7.35. The Labute approximate surface area is 131 Å². The van der Waals surface area contributed by atoms with Crippen molar-refractivity contribution >= 4 is 28.3 Å². The molecule has 0 saturated heterocycles. The molecule has 7 heteroatoms. The SMILES string of the molecule is Br.CCOc1sc(C(c2ccccc2)[N+](=O)[O-])nc1C. The minimum Gasteiger partial charge on any atom is -0.483 e. The molecule has 2 aromatic rings. The van der Waals surface area contributed by atoms with Crippen molar-refractivity contribution in [3.05, 3.63) is 56.7 Å². The number of nitrogens with zero attached hydrogens (tertiary/aromatic N) is 2. The van der Waals surface area contributed by atoms with Crippen molar-refractivity contribution in [3.8, 4) is 5.06 Å². The van der Waals surface area contributed by atoms with Gasteiger partial charge in [-0.3, -0.25) is 10.1 Å². The number of hydrogen-bond acceptors (Lipinski definition) is 5. The van der Waals surface area contributed by atoms with Crippen LogP contribution < -0.4 is 4.74 Å². The summed E-state index contributed by atoms with van der Waals surface area (Å²) in [4.78, 5) is 15.3. The molecule has 0 fully saturated rings. The van der Waals surface area contributed by atoms with Crippen LogP contribution in [0.4, 0.5) is 0 Å². The van der Waals surface area contributed by atoms with Gasteiger partial charge in [-0.05, 0) is 13.8 Å². The molecule has 1 aromatic carbocycles. The van der Waals surface area contributed by atoms with E-state index in [1.807, 2.05) is 13.0 Å². The largest absolute Gasteiger partial charge is 0.483 e. The second-order valence-corrected chi connectivity index (χ2v) is 4.95. The molecular formula is C13H15BrN2O3S. The van der Waals surface area contributed by atoms with Crippen LogP contribution in [0.25, 0.3) is 0 Å². The molecule has 108 valence electrons. The Bertz CT molecular complexity index is 574. The minimum atomic E-state index is -0.931. The van der Waals surface area contributed by atoms with Crippen LogP contribution in [0.3, 0.4) is 0 Å². The molecule has 20 heavy (non-hydrogen) atoms. The van der Waals surface area contributed by atoms with Gasteiger partial charge < -0.3 is 4.74 Å². The van der Waals surface area contributed by atoms with Gasteiger partial charge in [-0.2, -0.15) is 0 Å². The number of ether oxygens (including phenoxy) is 1. The lowest BCUT2D eigenvalue weighted by molar-refractivity contribution is -0.517. The number of nitro groups is 1. The number of benzene rings is 1. The average molecular weight is 359 g/mol. The molecule has 0 aliphatic carbocycles. The summed E-state index contributed by atoms with van der Waals surface area (Å²) >= 11 is 1.24. The van der Waals surface area contributed by atoms with Crippen molar-refractivity contribution in [2.75, 3.05) is 6.61 Å². The van der Waals surface area contributed by atoms with Gasteiger partial charge in [0.15, 0.2) is 10.1 Å². The quantitative estimate of drug-likeness (QED) is 0.602. The van der Waals surface area contributed by atoms with Gasteiger partial charge in [0.2, 0.25) is 0 Å². The molecule has 0 aliphatic rings. The zero-order valence-corrected chi connectivity index (χ0v) is 13.6. The van der Waals surface area contributed by atoms with Gasteiger partial charge in [0, 0.05) is 10.5 Å². The van der Waals surface area contributed by atoms with Gasteiger partial charge in [-0.25, -0.2) is 4.98 Å². The molecule has 0 spiro atoms. The fourth-order valence-electron chi connectivity index (χ4n) is 1.77. The average Bonchev–Trinajstić information content (AvgIpc) is 2.72. The number of halogens is 1. The van der Waals surface area contributed by atoms with Gasteiger partial charge in [0.05, 0.1) is 12.3 Å². The summed E-state index contributed by atoms with van der Waals surface area (Å²) in [6.45, 7) is 4.20. The first kappa shape index (κ1) is 16.6. The molecule has 0 amide bonds. The number of aromatic nitrogens is 1. The van der Waals surface area contributed by atoms with E-state index in [0.717, 1.165) is 0 Å². The van der Waals surface area contributed by atoms with Gasteiger partial charge in [0.25, 0.3) is 6.04 Å². The fourth-order valence-corrected chi connectivity index (χ4v) is 2.85. The van der Waals surface area contributed by atoms with Crippen LogP contribution in [0.1, 0.15) is 29.2 Å². The van der Waals surface area contributed by atoms with E-state index in [-0.39, 0.29) is 21.9 Å². The standard InChI is InChI=1S/C13H14N2O3S.BrH/c1-3-18-13-9(2)14-12(19-13)11(15(16)17)10-7-5-4-6-8-10;/h4-8,11H,3H2,1-2H3;1H. The lowest BCUT2D eigenvalue weighted by Crippen LogP contribution is -2.11. The minimum absolute atomic E-state index is 0. The number of thiazole rings is 1. The Kier molecular flexibility index (Phi) is 6.09. The van der Waals surface area contributed by atoms with E-state index in [2.05, 4.69) is 4.98 Å². The number of aryl methyl sites for hydroxylation is 1. The molecule has 1 aromatic heterocycles. The van der Waals surface area contributed by atoms with E-state index in [4.69, 9.17) is 4.74 Å². The first-order valence-electron chi connectivity index (χ1n) is 5.92. The summed E-state index contributed by atoms with van der Waals surface area (Å²) in [5, 5.41) is 12.4. The van der Waals surface area contributed by atoms with Crippen molar-refractivity contribution in [1.29, 1.82) is 0 Å². The van der Waals surface area contributed by atoms with Crippen molar-refractivity contribution in [1.82, 2.24) is 4.98 Å². The maximum Gasteiger partial charge on any atom is 0.289 e. The fraction of sp³-hybridized carbons (Fsp3) is 0.308. The molecule has 1 unspecified atom stereocenters. The molecule has 0 N–H and O–H groups in total. The van der Waals surface area contributed by atoms with Crippen LogP contribution in [0, 0.1) is 17.0 Å². The van der Waals surface area contributed by atoms with Crippen molar-refractivity contribution in [2.45, 2.75) is 19.9 Å². The van der Waals surface area contributed by atoms with Crippen LogP contribution in [-0.2, 0) is 0 Å². The van der Waals surface area contributed by atoms with Gasteiger partial charge >= 0.3 is 0 Å². The predicted octanol–water partition coefficient (Wildman–Crippen LogP) is 3.79. The first-order valence-corrected chi connectivity index (χ1v) is 6.73. The Morgan fingerprint density at radius 2 is 2.05 bits per heavy atom. The number of rotatable bonds is 5. The van der Waals surface area contributed by atoms with E-state index in [1.165, 1.54) is 11.3 Å². The Hall–Kier alpha value is -1.47. The normalized spacial score (nSPS) is 11.5. The van der Waals surface area contributed by atoms with Crippen LogP contribution in [0.15, 0.2) is 30.3 Å². The highest BCUT2D eigenvalue weighted by Gasteiger charge is 2.29. The molecule has 0 bridgehead atoms. The monoisotopic (exact) mass is 358 g/mol. The third-order valence-corrected chi connectivity index (χ3v) is 3.73. The van der Waals surface area contributed by atoms with E-state index in [9.17, 15) is 10.1 Å².